The minimum Gasteiger partial charge on any atom is -0.497 e. The van der Waals surface area contributed by atoms with Gasteiger partial charge >= 0.3 is 0 Å². The molecule has 0 amide bonds. The summed E-state index contributed by atoms with van der Waals surface area (Å²) in [6, 6.07) is 8.34. The van der Waals surface area contributed by atoms with E-state index < -0.39 is 17.7 Å². The Balaban J connectivity index is 2.24. The van der Waals surface area contributed by atoms with E-state index in [0.29, 0.717) is 16.9 Å². The first kappa shape index (κ1) is 14.8. The molecular weight excluding hydrogens is 284 g/mol. The van der Waals surface area contributed by atoms with Crippen LogP contribution in [0.4, 0.5) is 8.78 Å². The maximum Gasteiger partial charge on any atom is 0.142 e. The molecule has 0 aliphatic heterocycles. The molecule has 0 heterocycles. The third-order valence-corrected chi connectivity index (χ3v) is 3.50. The summed E-state index contributed by atoms with van der Waals surface area (Å²) in [6.07, 6.45) is 0.250. The zero-order valence-electron chi connectivity index (χ0n) is 10.9. The molecule has 2 nitrogen and oxygen atoms in total. The van der Waals surface area contributed by atoms with E-state index in [2.05, 4.69) is 0 Å². The lowest BCUT2D eigenvalue weighted by Crippen LogP contribution is -2.15. The highest BCUT2D eigenvalue weighted by Crippen LogP contribution is 2.27. The SMILES string of the molecule is COc1ccc(C(N)Cc2cccc(F)c2Cl)c(F)c1. The van der Waals surface area contributed by atoms with E-state index in [1.807, 2.05) is 0 Å². The van der Waals surface area contributed by atoms with Gasteiger partial charge in [-0.2, -0.15) is 0 Å². The van der Waals surface area contributed by atoms with Gasteiger partial charge in [0.05, 0.1) is 12.1 Å². The van der Waals surface area contributed by atoms with Crippen molar-refractivity contribution < 1.29 is 13.5 Å². The number of nitrogens with two attached hydrogens (primary N) is 1. The molecule has 2 N–H and O–H groups in total. The predicted octanol–water partition coefficient (Wildman–Crippen LogP) is 3.87. The summed E-state index contributed by atoms with van der Waals surface area (Å²) in [6.45, 7) is 0. The molecule has 0 saturated heterocycles. The van der Waals surface area contributed by atoms with Crippen molar-refractivity contribution in [2.75, 3.05) is 7.11 Å². The first-order valence-corrected chi connectivity index (χ1v) is 6.42. The average Bonchev–Trinajstić information content (AvgIpc) is 2.43. The van der Waals surface area contributed by atoms with Crippen molar-refractivity contribution in [1.29, 1.82) is 0 Å². The first-order chi connectivity index (χ1) is 9.52. The van der Waals surface area contributed by atoms with Gasteiger partial charge in [0.15, 0.2) is 0 Å². The molecule has 0 fully saturated rings. The van der Waals surface area contributed by atoms with Gasteiger partial charge in [0, 0.05) is 17.7 Å². The zero-order chi connectivity index (χ0) is 14.7. The molecule has 1 unspecified atom stereocenters. The Morgan fingerprint density at radius 2 is 1.95 bits per heavy atom. The number of hydrogen-bond donors (Lipinski definition) is 1. The molecule has 0 radical (unpaired) electrons. The van der Waals surface area contributed by atoms with Crippen LogP contribution in [0, 0.1) is 11.6 Å². The number of halogens is 3. The van der Waals surface area contributed by atoms with E-state index in [4.69, 9.17) is 22.1 Å². The Kier molecular flexibility index (Phi) is 4.57. The van der Waals surface area contributed by atoms with Crippen LogP contribution in [-0.2, 0) is 6.42 Å². The number of methoxy groups -OCH3 is 1. The van der Waals surface area contributed by atoms with Crippen LogP contribution in [0.5, 0.6) is 5.75 Å². The van der Waals surface area contributed by atoms with Gasteiger partial charge in [0.2, 0.25) is 0 Å². The Bertz CT molecular complexity index is 619. The van der Waals surface area contributed by atoms with Crippen LogP contribution in [0.1, 0.15) is 17.2 Å². The largest absolute Gasteiger partial charge is 0.497 e. The number of benzene rings is 2. The van der Waals surface area contributed by atoms with E-state index in [1.54, 1.807) is 24.3 Å². The van der Waals surface area contributed by atoms with E-state index in [0.717, 1.165) is 0 Å². The van der Waals surface area contributed by atoms with Crippen LogP contribution in [0.25, 0.3) is 0 Å². The Morgan fingerprint density at radius 1 is 1.20 bits per heavy atom. The molecule has 0 aromatic heterocycles. The Morgan fingerprint density at radius 3 is 2.60 bits per heavy atom. The highest BCUT2D eigenvalue weighted by atomic mass is 35.5. The third-order valence-electron chi connectivity index (χ3n) is 3.08. The van der Waals surface area contributed by atoms with Crippen molar-refractivity contribution in [3.05, 3.63) is 64.2 Å². The van der Waals surface area contributed by atoms with Crippen molar-refractivity contribution in [1.82, 2.24) is 0 Å². The highest BCUT2D eigenvalue weighted by molar-refractivity contribution is 6.31. The molecular formula is C15H14ClF2NO. The van der Waals surface area contributed by atoms with Crippen LogP contribution >= 0.6 is 11.6 Å². The van der Waals surface area contributed by atoms with Crippen LogP contribution in [0.15, 0.2) is 36.4 Å². The average molecular weight is 298 g/mol. The van der Waals surface area contributed by atoms with Crippen molar-refractivity contribution >= 4 is 11.6 Å². The van der Waals surface area contributed by atoms with Crippen LogP contribution in [0.2, 0.25) is 5.02 Å². The molecule has 20 heavy (non-hydrogen) atoms. The fourth-order valence-electron chi connectivity index (χ4n) is 1.99. The second-order valence-corrected chi connectivity index (χ2v) is 4.79. The van der Waals surface area contributed by atoms with Crippen molar-refractivity contribution in [2.24, 2.45) is 5.73 Å². The van der Waals surface area contributed by atoms with E-state index in [9.17, 15) is 8.78 Å². The fraction of sp³-hybridized carbons (Fsp3) is 0.200. The predicted molar refractivity (Wildman–Crippen MR) is 75.0 cm³/mol. The lowest BCUT2D eigenvalue weighted by molar-refractivity contribution is 0.410. The maximum absolute atomic E-state index is 13.9. The van der Waals surface area contributed by atoms with Crippen molar-refractivity contribution in [2.45, 2.75) is 12.5 Å². The number of hydrogen-bond acceptors (Lipinski definition) is 2. The van der Waals surface area contributed by atoms with Crippen LogP contribution in [-0.4, -0.2) is 7.11 Å². The highest BCUT2D eigenvalue weighted by Gasteiger charge is 2.15. The molecule has 0 aliphatic carbocycles. The monoisotopic (exact) mass is 297 g/mol. The van der Waals surface area contributed by atoms with Crippen molar-refractivity contribution in [3.63, 3.8) is 0 Å². The molecule has 0 saturated carbocycles. The second kappa shape index (κ2) is 6.20. The van der Waals surface area contributed by atoms with Gasteiger partial charge in [-0.3, -0.25) is 0 Å². The van der Waals surface area contributed by atoms with Gasteiger partial charge in [-0.25, -0.2) is 8.78 Å². The molecule has 0 aliphatic rings. The summed E-state index contributed by atoms with van der Waals surface area (Å²) >= 11 is 5.87. The van der Waals surface area contributed by atoms with Crippen molar-refractivity contribution in [3.8, 4) is 5.75 Å². The van der Waals surface area contributed by atoms with Gasteiger partial charge in [0.25, 0.3) is 0 Å². The van der Waals surface area contributed by atoms with Gasteiger partial charge in [0.1, 0.15) is 17.4 Å². The Hall–Kier alpha value is -1.65. The van der Waals surface area contributed by atoms with Gasteiger partial charge in [-0.1, -0.05) is 29.8 Å². The fourth-order valence-corrected chi connectivity index (χ4v) is 2.19. The van der Waals surface area contributed by atoms with Gasteiger partial charge in [-0.05, 0) is 24.1 Å². The minimum absolute atomic E-state index is 0.0249. The van der Waals surface area contributed by atoms with E-state index >= 15 is 0 Å². The molecule has 5 heteroatoms. The second-order valence-electron chi connectivity index (χ2n) is 4.41. The molecule has 106 valence electrons. The third kappa shape index (κ3) is 3.08. The van der Waals surface area contributed by atoms with E-state index in [-0.39, 0.29) is 11.4 Å². The number of rotatable bonds is 4. The lowest BCUT2D eigenvalue weighted by Gasteiger charge is -2.15. The maximum atomic E-state index is 13.9. The molecule has 2 rings (SSSR count). The summed E-state index contributed by atoms with van der Waals surface area (Å²) < 4.78 is 32.2. The van der Waals surface area contributed by atoms with E-state index in [1.165, 1.54) is 19.2 Å². The standard InChI is InChI=1S/C15H14ClF2NO/c1-20-10-5-6-11(13(18)8-10)14(19)7-9-3-2-4-12(17)15(9)16/h2-6,8,14H,7,19H2,1H3. The molecule has 0 spiro atoms. The van der Waals surface area contributed by atoms with Crippen LogP contribution < -0.4 is 10.5 Å². The minimum atomic E-state index is -0.611. The summed E-state index contributed by atoms with van der Waals surface area (Å²) in [5.41, 5.74) is 6.87. The zero-order valence-corrected chi connectivity index (χ0v) is 11.6. The van der Waals surface area contributed by atoms with Gasteiger partial charge < -0.3 is 10.5 Å². The quantitative estimate of drug-likeness (QED) is 0.930. The molecule has 2 aromatic carbocycles. The molecule has 0 bridgehead atoms. The smallest absolute Gasteiger partial charge is 0.142 e. The van der Waals surface area contributed by atoms with Crippen LogP contribution in [0.3, 0.4) is 0 Å². The summed E-state index contributed by atoms with van der Waals surface area (Å²) in [5.74, 6) is -0.543. The molecule has 1 atom stereocenters. The van der Waals surface area contributed by atoms with Gasteiger partial charge in [-0.15, -0.1) is 0 Å². The Labute approximate surface area is 121 Å². The topological polar surface area (TPSA) is 35.2 Å². The summed E-state index contributed by atoms with van der Waals surface area (Å²) in [7, 11) is 1.46. The normalized spacial score (nSPS) is 12.2. The molecule has 2 aromatic rings. The first-order valence-electron chi connectivity index (χ1n) is 6.05. The summed E-state index contributed by atoms with van der Waals surface area (Å²) in [5, 5.41) is 0.0249. The lowest BCUT2D eigenvalue weighted by atomic mass is 9.99. The number of ether oxygens (including phenoxy) is 1. The summed E-state index contributed by atoms with van der Waals surface area (Å²) in [4.78, 5) is 0.